The molecule has 0 heterocycles. The Labute approximate surface area is 111 Å². The van der Waals surface area contributed by atoms with Crippen LogP contribution < -0.4 is 10.1 Å². The van der Waals surface area contributed by atoms with Gasteiger partial charge < -0.3 is 10.1 Å². The maximum Gasteiger partial charge on any atom is 0.274 e. The summed E-state index contributed by atoms with van der Waals surface area (Å²) < 4.78 is 5.07. The first-order valence-corrected chi connectivity index (χ1v) is 5.81. The second-order valence-corrected chi connectivity index (χ2v) is 3.97. The van der Waals surface area contributed by atoms with E-state index >= 15 is 0 Å². The fourth-order valence-corrected chi connectivity index (χ4v) is 1.74. The van der Waals surface area contributed by atoms with Crippen molar-refractivity contribution in [1.82, 2.24) is 0 Å². The van der Waals surface area contributed by atoms with Gasteiger partial charge in [0.1, 0.15) is 5.75 Å². The number of para-hydroxylation sites is 1. The number of rotatable bonds is 5. The van der Waals surface area contributed by atoms with Gasteiger partial charge in [0, 0.05) is 23.9 Å². The number of benzene rings is 2. The molecule has 2 aromatic carbocycles. The molecular formula is C14H14N2O3. The van der Waals surface area contributed by atoms with Crippen LogP contribution in [-0.2, 0) is 6.54 Å². The van der Waals surface area contributed by atoms with E-state index in [1.807, 2.05) is 24.3 Å². The standard InChI is InChI=1S/C14H14N2O3/c1-19-13-8-6-12(7-9-13)15-10-11-4-2-3-5-14(11)16(17)18/h2-9,15H,10H2,1H3. The van der Waals surface area contributed by atoms with E-state index in [0.717, 1.165) is 11.4 Å². The predicted octanol–water partition coefficient (Wildman–Crippen LogP) is 3.22. The third-order valence-electron chi connectivity index (χ3n) is 2.76. The summed E-state index contributed by atoms with van der Waals surface area (Å²) in [7, 11) is 1.61. The normalized spacial score (nSPS) is 9.95. The molecular weight excluding hydrogens is 244 g/mol. The molecule has 98 valence electrons. The van der Waals surface area contributed by atoms with Crippen molar-refractivity contribution in [1.29, 1.82) is 0 Å². The molecule has 0 saturated heterocycles. The van der Waals surface area contributed by atoms with Gasteiger partial charge in [-0.1, -0.05) is 18.2 Å². The topological polar surface area (TPSA) is 64.4 Å². The van der Waals surface area contributed by atoms with E-state index < -0.39 is 0 Å². The van der Waals surface area contributed by atoms with Crippen molar-refractivity contribution < 1.29 is 9.66 Å². The maximum absolute atomic E-state index is 10.9. The van der Waals surface area contributed by atoms with Crippen LogP contribution in [0.25, 0.3) is 0 Å². The monoisotopic (exact) mass is 258 g/mol. The van der Waals surface area contributed by atoms with E-state index in [0.29, 0.717) is 12.1 Å². The van der Waals surface area contributed by atoms with Crippen molar-refractivity contribution in [3.63, 3.8) is 0 Å². The van der Waals surface area contributed by atoms with Gasteiger partial charge >= 0.3 is 0 Å². The Morgan fingerprint density at radius 2 is 1.84 bits per heavy atom. The van der Waals surface area contributed by atoms with Gasteiger partial charge in [0.05, 0.1) is 12.0 Å². The molecule has 0 fully saturated rings. The van der Waals surface area contributed by atoms with Crippen molar-refractivity contribution in [3.05, 3.63) is 64.2 Å². The summed E-state index contributed by atoms with van der Waals surface area (Å²) in [6, 6.07) is 14.1. The Bertz CT molecular complexity index is 567. The van der Waals surface area contributed by atoms with Gasteiger partial charge in [0.25, 0.3) is 5.69 Å². The molecule has 5 heteroatoms. The number of nitro groups is 1. The largest absolute Gasteiger partial charge is 0.497 e. The summed E-state index contributed by atoms with van der Waals surface area (Å²) in [6.07, 6.45) is 0. The fourth-order valence-electron chi connectivity index (χ4n) is 1.74. The minimum absolute atomic E-state index is 0.128. The molecule has 0 radical (unpaired) electrons. The molecule has 0 aliphatic heterocycles. The van der Waals surface area contributed by atoms with Crippen molar-refractivity contribution in [3.8, 4) is 5.75 Å². The zero-order chi connectivity index (χ0) is 13.7. The second-order valence-electron chi connectivity index (χ2n) is 3.97. The van der Waals surface area contributed by atoms with Gasteiger partial charge in [0.2, 0.25) is 0 Å². The Balaban J connectivity index is 2.07. The highest BCUT2D eigenvalue weighted by atomic mass is 16.6. The maximum atomic E-state index is 10.9. The Morgan fingerprint density at radius 1 is 1.16 bits per heavy atom. The minimum atomic E-state index is -0.370. The first-order chi connectivity index (χ1) is 9.20. The highest BCUT2D eigenvalue weighted by molar-refractivity contribution is 5.49. The molecule has 0 aromatic heterocycles. The Kier molecular flexibility index (Phi) is 3.97. The highest BCUT2D eigenvalue weighted by Crippen LogP contribution is 2.20. The first-order valence-electron chi connectivity index (χ1n) is 5.81. The van der Waals surface area contributed by atoms with Gasteiger partial charge in [0.15, 0.2) is 0 Å². The second kappa shape index (κ2) is 5.86. The van der Waals surface area contributed by atoms with Crippen LogP contribution in [-0.4, -0.2) is 12.0 Å². The van der Waals surface area contributed by atoms with Crippen molar-refractivity contribution >= 4 is 11.4 Å². The summed E-state index contributed by atoms with van der Waals surface area (Å²) in [5.74, 6) is 0.774. The van der Waals surface area contributed by atoms with Crippen LogP contribution in [0.3, 0.4) is 0 Å². The van der Waals surface area contributed by atoms with Crippen molar-refractivity contribution in [2.45, 2.75) is 6.54 Å². The molecule has 0 spiro atoms. The zero-order valence-corrected chi connectivity index (χ0v) is 10.5. The number of hydrogen-bond acceptors (Lipinski definition) is 4. The zero-order valence-electron chi connectivity index (χ0n) is 10.5. The van der Waals surface area contributed by atoms with Crippen LogP contribution in [0.4, 0.5) is 11.4 Å². The van der Waals surface area contributed by atoms with Crippen LogP contribution in [0.1, 0.15) is 5.56 Å². The van der Waals surface area contributed by atoms with Gasteiger partial charge in [-0.2, -0.15) is 0 Å². The molecule has 0 aliphatic rings. The van der Waals surface area contributed by atoms with Crippen LogP contribution in [0.5, 0.6) is 5.75 Å². The summed E-state index contributed by atoms with van der Waals surface area (Å²) in [6.45, 7) is 0.406. The summed E-state index contributed by atoms with van der Waals surface area (Å²) in [5.41, 5.74) is 1.67. The Hall–Kier alpha value is -2.56. The van der Waals surface area contributed by atoms with Crippen LogP contribution in [0, 0.1) is 10.1 Å². The lowest BCUT2D eigenvalue weighted by molar-refractivity contribution is -0.385. The summed E-state index contributed by atoms with van der Waals surface area (Å²) in [5, 5.41) is 14.0. The van der Waals surface area contributed by atoms with Gasteiger partial charge in [-0.3, -0.25) is 10.1 Å². The molecule has 0 saturated carbocycles. The van der Waals surface area contributed by atoms with Gasteiger partial charge in [-0.25, -0.2) is 0 Å². The van der Waals surface area contributed by atoms with E-state index in [9.17, 15) is 10.1 Å². The quantitative estimate of drug-likeness (QED) is 0.660. The molecule has 0 atom stereocenters. The average Bonchev–Trinajstić information content (AvgIpc) is 2.46. The smallest absolute Gasteiger partial charge is 0.274 e. The number of nitrogens with one attached hydrogen (secondary N) is 1. The molecule has 1 N–H and O–H groups in total. The molecule has 0 unspecified atom stereocenters. The first kappa shape index (κ1) is 12.9. The molecule has 2 aromatic rings. The number of ether oxygens (including phenoxy) is 1. The lowest BCUT2D eigenvalue weighted by Crippen LogP contribution is -2.02. The number of nitro benzene ring substituents is 1. The van der Waals surface area contributed by atoms with Crippen molar-refractivity contribution in [2.24, 2.45) is 0 Å². The number of anilines is 1. The van der Waals surface area contributed by atoms with Crippen LogP contribution in [0.2, 0.25) is 0 Å². The van der Waals surface area contributed by atoms with E-state index in [-0.39, 0.29) is 10.6 Å². The Morgan fingerprint density at radius 3 is 2.47 bits per heavy atom. The van der Waals surface area contributed by atoms with E-state index in [4.69, 9.17) is 4.74 Å². The fraction of sp³-hybridized carbons (Fsp3) is 0.143. The van der Waals surface area contributed by atoms with Gasteiger partial charge in [-0.05, 0) is 24.3 Å². The van der Waals surface area contributed by atoms with Crippen LogP contribution >= 0.6 is 0 Å². The SMILES string of the molecule is COc1ccc(NCc2ccccc2[N+](=O)[O-])cc1. The molecule has 0 amide bonds. The van der Waals surface area contributed by atoms with E-state index in [2.05, 4.69) is 5.32 Å². The molecule has 5 nitrogen and oxygen atoms in total. The molecule has 19 heavy (non-hydrogen) atoms. The summed E-state index contributed by atoms with van der Waals surface area (Å²) >= 11 is 0. The highest BCUT2D eigenvalue weighted by Gasteiger charge is 2.11. The molecule has 0 bridgehead atoms. The third-order valence-corrected chi connectivity index (χ3v) is 2.76. The van der Waals surface area contributed by atoms with E-state index in [1.54, 1.807) is 25.3 Å². The van der Waals surface area contributed by atoms with Gasteiger partial charge in [-0.15, -0.1) is 0 Å². The number of nitrogens with zero attached hydrogens (tertiary/aromatic N) is 1. The number of methoxy groups -OCH3 is 1. The van der Waals surface area contributed by atoms with Crippen molar-refractivity contribution in [2.75, 3.05) is 12.4 Å². The molecule has 2 rings (SSSR count). The summed E-state index contributed by atoms with van der Waals surface area (Å²) in [4.78, 5) is 10.5. The lowest BCUT2D eigenvalue weighted by Gasteiger charge is -2.07. The predicted molar refractivity (Wildman–Crippen MR) is 73.4 cm³/mol. The molecule has 0 aliphatic carbocycles. The van der Waals surface area contributed by atoms with E-state index in [1.165, 1.54) is 6.07 Å². The lowest BCUT2D eigenvalue weighted by atomic mass is 10.2. The number of hydrogen-bond donors (Lipinski definition) is 1. The minimum Gasteiger partial charge on any atom is -0.497 e. The third kappa shape index (κ3) is 3.22. The average molecular weight is 258 g/mol. The van der Waals surface area contributed by atoms with Crippen LogP contribution in [0.15, 0.2) is 48.5 Å².